The van der Waals surface area contributed by atoms with Crippen LogP contribution in [0.4, 0.5) is 4.39 Å². The fraction of sp³-hybridized carbons (Fsp3) is 0.105. The minimum absolute atomic E-state index is 0.0832. The molecule has 142 valence electrons. The van der Waals surface area contributed by atoms with E-state index in [0.717, 1.165) is 5.56 Å². The highest BCUT2D eigenvalue weighted by Crippen LogP contribution is 2.36. The summed E-state index contributed by atoms with van der Waals surface area (Å²) in [7, 11) is 1.61. The van der Waals surface area contributed by atoms with Crippen LogP contribution in [0, 0.1) is 5.82 Å². The second-order valence-corrected chi connectivity index (χ2v) is 6.84. The second kappa shape index (κ2) is 7.08. The maximum Gasteiger partial charge on any atom is 0.238 e. The molecule has 0 unspecified atom stereocenters. The van der Waals surface area contributed by atoms with Crippen LogP contribution < -0.4 is 10.2 Å². The number of fused-ring (bicyclic) bond motifs is 1. The molecule has 0 amide bonds. The molecule has 0 fully saturated rings. The van der Waals surface area contributed by atoms with Gasteiger partial charge >= 0.3 is 0 Å². The number of aryl methyl sites for hydroxylation is 1. The van der Waals surface area contributed by atoms with Crippen LogP contribution >= 0.6 is 15.9 Å². The number of hydrogen-bond donors (Lipinski definition) is 1. The van der Waals surface area contributed by atoms with Crippen LogP contribution in [0.1, 0.15) is 5.56 Å². The summed E-state index contributed by atoms with van der Waals surface area (Å²) in [5.74, 6) is -0.584. The minimum Gasteiger partial charge on any atom is -0.501 e. The quantitative estimate of drug-likeness (QED) is 0.513. The van der Waals surface area contributed by atoms with Gasteiger partial charge in [-0.3, -0.25) is 4.79 Å². The highest BCUT2D eigenvalue weighted by Gasteiger charge is 2.22. The average molecular weight is 446 g/mol. The van der Waals surface area contributed by atoms with Crippen molar-refractivity contribution in [3.05, 3.63) is 68.8 Å². The van der Waals surface area contributed by atoms with E-state index in [9.17, 15) is 14.3 Å². The molecule has 0 bridgehead atoms. The van der Waals surface area contributed by atoms with Gasteiger partial charge in [-0.2, -0.15) is 5.10 Å². The molecule has 0 radical (unpaired) electrons. The minimum atomic E-state index is -0.658. The van der Waals surface area contributed by atoms with Gasteiger partial charge in [0.2, 0.25) is 16.9 Å². The molecule has 0 aliphatic heterocycles. The Balaban J connectivity index is 1.82. The van der Waals surface area contributed by atoms with Gasteiger partial charge in [-0.15, -0.1) is 0 Å². The van der Waals surface area contributed by atoms with Crippen LogP contribution in [0.15, 0.2) is 56.4 Å². The smallest absolute Gasteiger partial charge is 0.238 e. The summed E-state index contributed by atoms with van der Waals surface area (Å²) in [5, 5.41) is 14.4. The van der Waals surface area contributed by atoms with Crippen molar-refractivity contribution < 1.29 is 18.7 Å². The van der Waals surface area contributed by atoms with Gasteiger partial charge in [0.15, 0.2) is 11.4 Å². The molecule has 0 spiro atoms. The predicted octanol–water partition coefficient (Wildman–Crippen LogP) is 3.77. The Kier molecular flexibility index (Phi) is 4.60. The molecule has 2 heterocycles. The lowest BCUT2D eigenvalue weighted by Crippen LogP contribution is -2.07. The zero-order chi connectivity index (χ0) is 19.8. The summed E-state index contributed by atoms with van der Waals surface area (Å²) in [6.07, 6.45) is 1.29. The molecule has 2 aromatic heterocycles. The molecule has 0 saturated carbocycles. The molecule has 0 atom stereocenters. The Hall–Kier alpha value is -3.20. The third-order valence-corrected chi connectivity index (χ3v) is 4.78. The van der Waals surface area contributed by atoms with E-state index in [4.69, 9.17) is 9.15 Å². The number of nitrogens with zero attached hydrogens (tertiary/aromatic N) is 3. The highest BCUT2D eigenvalue weighted by atomic mass is 79.9. The van der Waals surface area contributed by atoms with Crippen LogP contribution in [0.5, 0.6) is 11.5 Å². The van der Waals surface area contributed by atoms with Gasteiger partial charge in [0.05, 0.1) is 4.47 Å². The molecule has 2 aromatic carbocycles. The van der Waals surface area contributed by atoms with E-state index < -0.39 is 11.2 Å². The van der Waals surface area contributed by atoms with Gasteiger partial charge < -0.3 is 14.3 Å². The lowest BCUT2D eigenvalue weighted by atomic mass is 10.1. The zero-order valence-electron chi connectivity index (χ0n) is 14.5. The fourth-order valence-corrected chi connectivity index (χ4v) is 3.15. The van der Waals surface area contributed by atoms with Crippen molar-refractivity contribution in [1.82, 2.24) is 14.8 Å². The average Bonchev–Trinajstić information content (AvgIpc) is 3.11. The molecule has 9 heteroatoms. The van der Waals surface area contributed by atoms with Gasteiger partial charge in [0, 0.05) is 7.05 Å². The molecule has 1 N–H and O–H groups in total. The number of hydrogen-bond acceptors (Lipinski definition) is 6. The third-order valence-electron chi connectivity index (χ3n) is 4.15. The number of aromatic hydroxyl groups is 1. The van der Waals surface area contributed by atoms with E-state index >= 15 is 0 Å². The van der Waals surface area contributed by atoms with Gasteiger partial charge in [0.25, 0.3) is 0 Å². The van der Waals surface area contributed by atoms with Crippen molar-refractivity contribution >= 4 is 26.9 Å². The van der Waals surface area contributed by atoms with Crippen LogP contribution in [0.3, 0.4) is 0 Å². The van der Waals surface area contributed by atoms with Gasteiger partial charge in [-0.05, 0) is 45.8 Å². The molecule has 0 aliphatic rings. The molecule has 4 rings (SSSR count). The third kappa shape index (κ3) is 3.13. The predicted molar refractivity (Wildman–Crippen MR) is 103 cm³/mol. The van der Waals surface area contributed by atoms with Gasteiger partial charge in [-0.25, -0.2) is 14.1 Å². The van der Waals surface area contributed by atoms with E-state index in [1.807, 2.05) is 0 Å². The van der Waals surface area contributed by atoms with Gasteiger partial charge in [0.1, 0.15) is 29.9 Å². The fourth-order valence-electron chi connectivity index (χ4n) is 2.74. The molecule has 0 saturated heterocycles. The summed E-state index contributed by atoms with van der Waals surface area (Å²) in [6.45, 7) is 0.113. The van der Waals surface area contributed by atoms with E-state index in [1.54, 1.807) is 31.3 Å². The molecule has 28 heavy (non-hydrogen) atoms. The maximum absolute atomic E-state index is 13.0. The lowest BCUT2D eigenvalue weighted by molar-refractivity contribution is 0.309. The first kappa shape index (κ1) is 18.2. The van der Waals surface area contributed by atoms with Gasteiger partial charge in [-0.1, -0.05) is 12.1 Å². The topological polar surface area (TPSA) is 90.4 Å². The van der Waals surface area contributed by atoms with Crippen molar-refractivity contribution in [2.45, 2.75) is 6.61 Å². The number of ether oxygens (including phenoxy) is 1. The number of rotatable bonds is 4. The SMILES string of the molecule is Cn1ncnc1-c1oc2c(Br)ccc(OCc3ccc(F)cc3)c2c(=O)c1O. The molecule has 7 nitrogen and oxygen atoms in total. The monoisotopic (exact) mass is 445 g/mol. The van der Waals surface area contributed by atoms with Crippen LogP contribution in [-0.4, -0.2) is 19.9 Å². The Morgan fingerprint density at radius 3 is 2.68 bits per heavy atom. The number of aromatic nitrogens is 3. The summed E-state index contributed by atoms with van der Waals surface area (Å²) < 4.78 is 26.5. The summed E-state index contributed by atoms with van der Waals surface area (Å²) in [5.41, 5.74) is 0.272. The molecular formula is C19H13BrFN3O4. The lowest BCUT2D eigenvalue weighted by Gasteiger charge is -2.11. The van der Waals surface area contributed by atoms with Crippen LogP contribution in [-0.2, 0) is 13.7 Å². The highest BCUT2D eigenvalue weighted by molar-refractivity contribution is 9.10. The summed E-state index contributed by atoms with van der Waals surface area (Å²) >= 11 is 3.36. The van der Waals surface area contributed by atoms with E-state index in [0.29, 0.717) is 4.47 Å². The normalized spacial score (nSPS) is 11.1. The van der Waals surface area contributed by atoms with Crippen molar-refractivity contribution in [3.63, 3.8) is 0 Å². The molecular weight excluding hydrogens is 433 g/mol. The van der Waals surface area contributed by atoms with Crippen molar-refractivity contribution in [1.29, 1.82) is 0 Å². The van der Waals surface area contributed by atoms with E-state index in [1.165, 1.54) is 23.1 Å². The van der Waals surface area contributed by atoms with Crippen molar-refractivity contribution in [2.24, 2.45) is 7.05 Å². The molecule has 0 aliphatic carbocycles. The first-order valence-corrected chi connectivity index (χ1v) is 8.95. The summed E-state index contributed by atoms with van der Waals surface area (Å²) in [4.78, 5) is 16.9. The summed E-state index contributed by atoms with van der Waals surface area (Å²) in [6, 6.07) is 9.08. The number of halogens is 2. The van der Waals surface area contributed by atoms with E-state index in [-0.39, 0.29) is 40.7 Å². The maximum atomic E-state index is 13.0. The first-order valence-electron chi connectivity index (χ1n) is 8.15. The van der Waals surface area contributed by atoms with E-state index in [2.05, 4.69) is 26.0 Å². The Morgan fingerprint density at radius 2 is 2.00 bits per heavy atom. The van der Waals surface area contributed by atoms with Crippen LogP contribution in [0.25, 0.3) is 22.6 Å². The second-order valence-electron chi connectivity index (χ2n) is 5.98. The Morgan fingerprint density at radius 1 is 1.25 bits per heavy atom. The van der Waals surface area contributed by atoms with Crippen molar-refractivity contribution in [2.75, 3.05) is 0 Å². The standard InChI is InChI=1S/C19H13BrFN3O4/c1-24-19(22-9-23-24)18-16(26)15(25)14-13(7-6-12(20)17(14)28-18)27-8-10-2-4-11(21)5-3-10/h2-7,9,26H,8H2,1H3. The Labute approximate surface area is 166 Å². The molecule has 4 aromatic rings. The largest absolute Gasteiger partial charge is 0.501 e. The zero-order valence-corrected chi connectivity index (χ0v) is 16.1. The van der Waals surface area contributed by atoms with Crippen LogP contribution in [0.2, 0.25) is 0 Å². The van der Waals surface area contributed by atoms with Crippen molar-refractivity contribution in [3.8, 4) is 23.1 Å². The Bertz CT molecular complexity index is 1230. The first-order chi connectivity index (χ1) is 13.5. The number of benzene rings is 2.